The average Bonchev–Trinajstić information content (AvgIpc) is 3.13. The molecule has 3 atom stereocenters. The SMILES string of the molecule is O=C(N[C@@H]1C[C@H]2CC[C@@H]1N2)c1cc(Cl)c2sccc2c1. The summed E-state index contributed by atoms with van der Waals surface area (Å²) in [6.07, 6.45) is 3.45. The normalized spacial score (nSPS) is 28.1. The van der Waals surface area contributed by atoms with Crippen molar-refractivity contribution in [1.29, 1.82) is 0 Å². The van der Waals surface area contributed by atoms with E-state index in [-0.39, 0.29) is 11.9 Å². The molecule has 0 radical (unpaired) electrons. The van der Waals surface area contributed by atoms with Gasteiger partial charge in [-0.1, -0.05) is 11.6 Å². The van der Waals surface area contributed by atoms with Gasteiger partial charge in [-0.25, -0.2) is 0 Å². The Morgan fingerprint density at radius 2 is 2.30 bits per heavy atom. The van der Waals surface area contributed by atoms with Gasteiger partial charge in [-0.05, 0) is 48.2 Å². The molecule has 0 unspecified atom stereocenters. The van der Waals surface area contributed by atoms with Crippen molar-refractivity contribution < 1.29 is 4.79 Å². The van der Waals surface area contributed by atoms with Crippen molar-refractivity contribution in [2.45, 2.75) is 37.4 Å². The molecule has 0 spiro atoms. The fraction of sp³-hybridized carbons (Fsp3) is 0.400. The van der Waals surface area contributed by atoms with Crippen LogP contribution in [0.4, 0.5) is 0 Å². The third-order valence-corrected chi connectivity index (χ3v) is 5.76. The molecular weight excluding hydrogens is 292 g/mol. The van der Waals surface area contributed by atoms with Crippen molar-refractivity contribution in [3.8, 4) is 0 Å². The molecule has 2 bridgehead atoms. The van der Waals surface area contributed by atoms with E-state index in [1.54, 1.807) is 17.4 Å². The summed E-state index contributed by atoms with van der Waals surface area (Å²) in [5, 5.41) is 10.4. The van der Waals surface area contributed by atoms with Crippen molar-refractivity contribution in [2.75, 3.05) is 0 Å². The Bertz CT molecular complexity index is 684. The minimum absolute atomic E-state index is 0.0145. The quantitative estimate of drug-likeness (QED) is 0.895. The van der Waals surface area contributed by atoms with Gasteiger partial charge in [0.25, 0.3) is 5.91 Å². The number of hydrogen-bond donors (Lipinski definition) is 2. The number of hydrogen-bond acceptors (Lipinski definition) is 3. The summed E-state index contributed by atoms with van der Waals surface area (Å²) in [6.45, 7) is 0. The standard InChI is InChI=1S/C15H15ClN2OS/c16-11-6-9(5-8-3-4-20-14(8)11)15(19)18-13-7-10-1-2-12(13)17-10/h3-6,10,12-13,17H,1-2,7H2,(H,18,19)/t10-,12+,13-/m1/s1. The van der Waals surface area contributed by atoms with Gasteiger partial charge in [-0.2, -0.15) is 0 Å². The molecule has 1 aromatic carbocycles. The molecule has 2 N–H and O–H groups in total. The van der Waals surface area contributed by atoms with Gasteiger partial charge in [0.05, 0.1) is 9.72 Å². The number of thiophene rings is 1. The molecule has 4 rings (SSSR count). The Morgan fingerprint density at radius 1 is 1.40 bits per heavy atom. The van der Waals surface area contributed by atoms with E-state index in [1.165, 1.54) is 12.8 Å². The molecule has 2 aliphatic heterocycles. The third-order valence-electron chi connectivity index (χ3n) is 4.38. The van der Waals surface area contributed by atoms with E-state index in [9.17, 15) is 4.79 Å². The first-order valence-electron chi connectivity index (χ1n) is 6.94. The maximum Gasteiger partial charge on any atom is 0.251 e. The lowest BCUT2D eigenvalue weighted by molar-refractivity contribution is 0.0931. The van der Waals surface area contributed by atoms with Crippen LogP contribution < -0.4 is 10.6 Å². The summed E-state index contributed by atoms with van der Waals surface area (Å²) in [5.74, 6) is -0.0145. The highest BCUT2D eigenvalue weighted by atomic mass is 35.5. The molecular formula is C15H15ClN2OS. The van der Waals surface area contributed by atoms with E-state index < -0.39 is 0 Å². The smallest absolute Gasteiger partial charge is 0.251 e. The Morgan fingerprint density at radius 3 is 3.05 bits per heavy atom. The molecule has 0 aliphatic carbocycles. The highest BCUT2D eigenvalue weighted by Gasteiger charge is 2.39. The molecule has 2 saturated heterocycles. The lowest BCUT2D eigenvalue weighted by atomic mass is 9.95. The molecule has 3 nitrogen and oxygen atoms in total. The largest absolute Gasteiger partial charge is 0.348 e. The summed E-state index contributed by atoms with van der Waals surface area (Å²) in [6, 6.07) is 7.00. The van der Waals surface area contributed by atoms with Gasteiger partial charge in [-0.15, -0.1) is 11.3 Å². The number of carbonyl (C=O) groups excluding carboxylic acids is 1. The Balaban J connectivity index is 1.57. The van der Waals surface area contributed by atoms with Crippen LogP contribution in [-0.2, 0) is 0 Å². The Kier molecular flexibility index (Phi) is 2.98. The van der Waals surface area contributed by atoms with Gasteiger partial charge in [0.1, 0.15) is 0 Å². The monoisotopic (exact) mass is 306 g/mol. The van der Waals surface area contributed by atoms with Gasteiger partial charge in [0, 0.05) is 23.7 Å². The van der Waals surface area contributed by atoms with Crippen LogP contribution in [0.2, 0.25) is 5.02 Å². The predicted octanol–water partition coefficient (Wildman–Crippen LogP) is 3.18. The molecule has 20 heavy (non-hydrogen) atoms. The topological polar surface area (TPSA) is 41.1 Å². The lowest BCUT2D eigenvalue weighted by Gasteiger charge is -2.21. The number of fused-ring (bicyclic) bond motifs is 3. The zero-order valence-electron chi connectivity index (χ0n) is 10.9. The van der Waals surface area contributed by atoms with Gasteiger partial charge in [-0.3, -0.25) is 4.79 Å². The second-order valence-electron chi connectivity index (χ2n) is 5.66. The second kappa shape index (κ2) is 4.72. The molecule has 3 heterocycles. The second-order valence-corrected chi connectivity index (χ2v) is 6.98. The summed E-state index contributed by atoms with van der Waals surface area (Å²) in [7, 11) is 0. The molecule has 1 amide bonds. The van der Waals surface area contributed by atoms with Crippen LogP contribution in [0, 0.1) is 0 Å². The summed E-state index contributed by atoms with van der Waals surface area (Å²) in [4.78, 5) is 12.4. The minimum Gasteiger partial charge on any atom is -0.348 e. The van der Waals surface area contributed by atoms with Crippen LogP contribution in [0.3, 0.4) is 0 Å². The molecule has 1 aromatic heterocycles. The Labute approximate surface area is 126 Å². The van der Waals surface area contributed by atoms with Crippen molar-refractivity contribution in [1.82, 2.24) is 10.6 Å². The van der Waals surface area contributed by atoms with Crippen molar-refractivity contribution in [3.63, 3.8) is 0 Å². The first kappa shape index (κ1) is 12.6. The molecule has 2 fully saturated rings. The fourth-order valence-corrected chi connectivity index (χ4v) is 4.55. The van der Waals surface area contributed by atoms with E-state index in [2.05, 4.69) is 10.6 Å². The summed E-state index contributed by atoms with van der Waals surface area (Å²) >= 11 is 7.85. The van der Waals surface area contributed by atoms with Gasteiger partial charge in [0.15, 0.2) is 0 Å². The fourth-order valence-electron chi connectivity index (χ4n) is 3.40. The van der Waals surface area contributed by atoms with Gasteiger partial charge < -0.3 is 10.6 Å². The predicted molar refractivity (Wildman–Crippen MR) is 82.7 cm³/mol. The third kappa shape index (κ3) is 2.03. The van der Waals surface area contributed by atoms with E-state index in [4.69, 9.17) is 11.6 Å². The van der Waals surface area contributed by atoms with E-state index in [0.717, 1.165) is 16.5 Å². The maximum atomic E-state index is 12.4. The van der Waals surface area contributed by atoms with E-state index in [0.29, 0.717) is 22.7 Å². The van der Waals surface area contributed by atoms with Gasteiger partial charge in [0.2, 0.25) is 0 Å². The zero-order chi connectivity index (χ0) is 13.7. The lowest BCUT2D eigenvalue weighted by Crippen LogP contribution is -2.42. The number of rotatable bonds is 2. The van der Waals surface area contributed by atoms with Crippen LogP contribution in [0.25, 0.3) is 10.1 Å². The highest BCUT2D eigenvalue weighted by molar-refractivity contribution is 7.17. The average molecular weight is 307 g/mol. The molecule has 104 valence electrons. The van der Waals surface area contributed by atoms with Crippen LogP contribution in [0.15, 0.2) is 23.6 Å². The summed E-state index contributed by atoms with van der Waals surface area (Å²) < 4.78 is 1.05. The number of amides is 1. The number of halogens is 1. The molecule has 2 aromatic rings. The maximum absolute atomic E-state index is 12.4. The van der Waals surface area contributed by atoms with Crippen LogP contribution >= 0.6 is 22.9 Å². The minimum atomic E-state index is -0.0145. The zero-order valence-corrected chi connectivity index (χ0v) is 12.4. The van der Waals surface area contributed by atoms with E-state index >= 15 is 0 Å². The van der Waals surface area contributed by atoms with Crippen molar-refractivity contribution in [2.24, 2.45) is 0 Å². The Hall–Kier alpha value is -1.10. The first-order valence-corrected chi connectivity index (χ1v) is 8.20. The molecule has 2 aliphatic rings. The number of carbonyl (C=O) groups is 1. The highest BCUT2D eigenvalue weighted by Crippen LogP contribution is 2.31. The number of nitrogens with one attached hydrogen (secondary N) is 2. The first-order chi connectivity index (χ1) is 9.70. The summed E-state index contributed by atoms with van der Waals surface area (Å²) in [5.41, 5.74) is 0.656. The van der Waals surface area contributed by atoms with Crippen LogP contribution in [-0.4, -0.2) is 24.0 Å². The van der Waals surface area contributed by atoms with Crippen LogP contribution in [0.1, 0.15) is 29.6 Å². The van der Waals surface area contributed by atoms with Gasteiger partial charge >= 0.3 is 0 Å². The van der Waals surface area contributed by atoms with Crippen molar-refractivity contribution in [3.05, 3.63) is 34.2 Å². The van der Waals surface area contributed by atoms with E-state index in [1.807, 2.05) is 17.5 Å². The van der Waals surface area contributed by atoms with Crippen molar-refractivity contribution >= 4 is 38.9 Å². The molecule has 0 saturated carbocycles. The molecule has 5 heteroatoms. The van der Waals surface area contributed by atoms with Crippen LogP contribution in [0.5, 0.6) is 0 Å². The number of benzene rings is 1.